The highest BCUT2D eigenvalue weighted by Crippen LogP contribution is 2.17. The summed E-state index contributed by atoms with van der Waals surface area (Å²) < 4.78 is 22.6. The van der Waals surface area contributed by atoms with Crippen LogP contribution in [0.5, 0.6) is 0 Å². The summed E-state index contributed by atoms with van der Waals surface area (Å²) in [7, 11) is 5.92. The number of hydrogen-bond donors (Lipinski definition) is 0. The Morgan fingerprint density at radius 2 is 0.738 bits per heavy atom. The number of esters is 2. The minimum Gasteiger partial charge on any atom is -0.545 e. The number of carboxylic acid groups (broad SMARTS) is 1. The monoisotopic (exact) mass is 868 g/mol. The molecule has 0 aromatic carbocycles. The third kappa shape index (κ3) is 46.1. The van der Waals surface area contributed by atoms with Crippen LogP contribution in [-0.2, 0) is 33.3 Å². The number of nitrogens with zero attached hydrogens (tertiary/aromatic N) is 1. The number of unbranched alkanes of at least 4 members (excludes halogenated alkanes) is 34. The minimum atomic E-state index is -1.61. The first kappa shape index (κ1) is 59.3. The maximum atomic E-state index is 12.8. The van der Waals surface area contributed by atoms with Crippen molar-refractivity contribution >= 4 is 17.9 Å². The van der Waals surface area contributed by atoms with Gasteiger partial charge in [0.25, 0.3) is 0 Å². The van der Waals surface area contributed by atoms with Crippen molar-refractivity contribution in [3.63, 3.8) is 0 Å². The van der Waals surface area contributed by atoms with E-state index < -0.39 is 24.3 Å². The highest BCUT2D eigenvalue weighted by molar-refractivity contribution is 5.70. The van der Waals surface area contributed by atoms with E-state index in [1.807, 2.05) is 21.1 Å². The van der Waals surface area contributed by atoms with Crippen LogP contribution >= 0.6 is 0 Å². The summed E-state index contributed by atoms with van der Waals surface area (Å²) >= 11 is 0. The minimum absolute atomic E-state index is 0.153. The average molecular weight is 868 g/mol. The molecule has 0 radical (unpaired) electrons. The van der Waals surface area contributed by atoms with Crippen molar-refractivity contribution in [2.45, 2.75) is 270 Å². The summed E-state index contributed by atoms with van der Waals surface area (Å²) in [5, 5.41) is 11.7. The Labute approximate surface area is 377 Å². The van der Waals surface area contributed by atoms with Gasteiger partial charge in [-0.2, -0.15) is 0 Å². The van der Waals surface area contributed by atoms with E-state index in [9.17, 15) is 19.5 Å². The van der Waals surface area contributed by atoms with E-state index in [0.29, 0.717) is 17.4 Å². The first-order chi connectivity index (χ1) is 29.6. The SMILES string of the molecule is CCCCCCCCCCCCCCCCCCCCCCCCCCCCCC(=O)OC(COC(=O)CCCCCCCCCCC)COC(OCC[N+](C)(C)C)C(=O)[O-]. The molecular weight excluding hydrogens is 767 g/mol. The first-order valence-corrected chi connectivity index (χ1v) is 26.2. The van der Waals surface area contributed by atoms with Gasteiger partial charge in [-0.25, -0.2) is 0 Å². The molecule has 0 aliphatic rings. The predicted molar refractivity (Wildman–Crippen MR) is 251 cm³/mol. The molecule has 0 saturated heterocycles. The van der Waals surface area contributed by atoms with Gasteiger partial charge in [0.1, 0.15) is 13.2 Å². The van der Waals surface area contributed by atoms with Gasteiger partial charge >= 0.3 is 11.9 Å². The molecular formula is C52H101NO8. The van der Waals surface area contributed by atoms with Crippen molar-refractivity contribution in [2.75, 3.05) is 47.5 Å². The molecule has 2 unspecified atom stereocenters. The summed E-state index contributed by atoms with van der Waals surface area (Å²) in [4.78, 5) is 37.0. The Bertz CT molecular complexity index is 970. The molecule has 0 N–H and O–H groups in total. The number of rotatable bonds is 49. The van der Waals surface area contributed by atoms with E-state index in [0.717, 1.165) is 38.5 Å². The zero-order valence-electron chi connectivity index (χ0n) is 41.1. The van der Waals surface area contributed by atoms with Gasteiger partial charge < -0.3 is 33.3 Å². The van der Waals surface area contributed by atoms with Crippen LogP contribution in [0.1, 0.15) is 258 Å². The quantitative estimate of drug-likeness (QED) is 0.0257. The molecule has 0 bridgehead atoms. The highest BCUT2D eigenvalue weighted by Gasteiger charge is 2.22. The molecule has 0 rings (SSSR count). The third-order valence-electron chi connectivity index (χ3n) is 11.9. The van der Waals surface area contributed by atoms with E-state index in [2.05, 4.69) is 13.8 Å². The van der Waals surface area contributed by atoms with Crippen molar-refractivity contribution in [2.24, 2.45) is 0 Å². The van der Waals surface area contributed by atoms with Gasteiger partial charge in [0.05, 0.1) is 40.3 Å². The number of quaternary nitrogens is 1. The number of carbonyl (C=O) groups is 3. The van der Waals surface area contributed by atoms with Crippen molar-refractivity contribution in [1.29, 1.82) is 0 Å². The van der Waals surface area contributed by atoms with Crippen LogP contribution in [0.15, 0.2) is 0 Å². The second kappa shape index (κ2) is 44.9. The van der Waals surface area contributed by atoms with Crippen LogP contribution < -0.4 is 5.11 Å². The smallest absolute Gasteiger partial charge is 0.306 e. The van der Waals surface area contributed by atoms with Gasteiger partial charge in [-0.05, 0) is 12.8 Å². The standard InChI is InChI=1S/C52H101NO8/c1-6-8-10-12-14-16-17-18-19-20-21-22-23-24-25-26-27-28-29-30-31-32-33-35-37-39-41-43-50(55)61-48(47-60-52(51(56)57)58-45-44-53(3,4)5)46-59-49(54)42-40-38-36-34-15-13-11-9-7-2/h48,52H,6-47H2,1-5H3. The average Bonchev–Trinajstić information content (AvgIpc) is 3.22. The number of likely N-dealkylation sites (N-methyl/N-ethyl adjacent to an activating group) is 1. The van der Waals surface area contributed by atoms with Crippen LogP contribution in [0.4, 0.5) is 0 Å². The van der Waals surface area contributed by atoms with Gasteiger partial charge in [-0.3, -0.25) is 9.59 Å². The Kier molecular flexibility index (Phi) is 43.6. The third-order valence-corrected chi connectivity index (χ3v) is 11.9. The molecule has 0 aromatic rings. The lowest BCUT2D eigenvalue weighted by Crippen LogP contribution is -2.44. The van der Waals surface area contributed by atoms with Crippen molar-refractivity contribution in [3.05, 3.63) is 0 Å². The maximum Gasteiger partial charge on any atom is 0.306 e. The summed E-state index contributed by atoms with van der Waals surface area (Å²) in [5.74, 6) is -2.26. The summed E-state index contributed by atoms with van der Waals surface area (Å²) in [6, 6.07) is 0. The molecule has 61 heavy (non-hydrogen) atoms. The van der Waals surface area contributed by atoms with Gasteiger partial charge in [0, 0.05) is 12.8 Å². The number of carboxylic acids is 1. The van der Waals surface area contributed by atoms with Crippen LogP contribution in [0.2, 0.25) is 0 Å². The Morgan fingerprint density at radius 1 is 0.426 bits per heavy atom. The molecule has 9 nitrogen and oxygen atoms in total. The topological polar surface area (TPSA) is 111 Å². The van der Waals surface area contributed by atoms with Crippen molar-refractivity contribution in [1.82, 2.24) is 0 Å². The lowest BCUT2D eigenvalue weighted by molar-refractivity contribution is -0.870. The van der Waals surface area contributed by atoms with Crippen LogP contribution in [0.3, 0.4) is 0 Å². The fourth-order valence-corrected chi connectivity index (χ4v) is 7.77. The van der Waals surface area contributed by atoms with Gasteiger partial charge in [-0.1, -0.05) is 232 Å². The first-order valence-electron chi connectivity index (χ1n) is 26.2. The lowest BCUT2D eigenvalue weighted by Gasteiger charge is -2.26. The number of aliphatic carboxylic acids is 1. The number of carbonyl (C=O) groups excluding carboxylic acids is 3. The Morgan fingerprint density at radius 3 is 1.05 bits per heavy atom. The molecule has 0 aliphatic heterocycles. The van der Waals surface area contributed by atoms with Gasteiger partial charge in [-0.15, -0.1) is 0 Å². The molecule has 9 heteroatoms. The van der Waals surface area contributed by atoms with Gasteiger partial charge in [0.15, 0.2) is 12.4 Å². The summed E-state index contributed by atoms with van der Waals surface area (Å²) in [6.07, 6.45) is 44.5. The normalized spacial score (nSPS) is 12.7. The second-order valence-corrected chi connectivity index (χ2v) is 19.2. The van der Waals surface area contributed by atoms with Crippen molar-refractivity contribution in [3.8, 4) is 0 Å². The van der Waals surface area contributed by atoms with Crippen LogP contribution in [-0.4, -0.2) is 82.3 Å². The van der Waals surface area contributed by atoms with E-state index in [-0.39, 0.29) is 32.2 Å². The molecule has 0 fully saturated rings. The molecule has 0 saturated carbocycles. The van der Waals surface area contributed by atoms with Crippen LogP contribution in [0.25, 0.3) is 0 Å². The molecule has 0 amide bonds. The molecule has 0 aliphatic carbocycles. The fourth-order valence-electron chi connectivity index (χ4n) is 7.77. The molecule has 0 spiro atoms. The maximum absolute atomic E-state index is 12.8. The van der Waals surface area contributed by atoms with E-state index in [1.54, 1.807) is 0 Å². The second-order valence-electron chi connectivity index (χ2n) is 19.2. The zero-order valence-corrected chi connectivity index (χ0v) is 41.1. The molecule has 2 atom stereocenters. The Hall–Kier alpha value is -1.71. The molecule has 0 aromatic heterocycles. The van der Waals surface area contributed by atoms with Gasteiger partial charge in [0.2, 0.25) is 0 Å². The van der Waals surface area contributed by atoms with Crippen LogP contribution in [0, 0.1) is 0 Å². The summed E-state index contributed by atoms with van der Waals surface area (Å²) in [5.41, 5.74) is 0. The van der Waals surface area contributed by atoms with E-state index >= 15 is 0 Å². The predicted octanol–water partition coefficient (Wildman–Crippen LogP) is 13.1. The fraction of sp³-hybridized carbons (Fsp3) is 0.942. The van der Waals surface area contributed by atoms with E-state index in [1.165, 1.54) is 193 Å². The zero-order chi connectivity index (χ0) is 44.9. The number of hydrogen-bond acceptors (Lipinski definition) is 8. The largest absolute Gasteiger partial charge is 0.545 e. The lowest BCUT2D eigenvalue weighted by atomic mass is 10.0. The summed E-state index contributed by atoms with van der Waals surface area (Å²) in [6.45, 7) is 4.76. The van der Waals surface area contributed by atoms with Crippen molar-refractivity contribution < 1.29 is 42.9 Å². The molecule has 0 heterocycles. The van der Waals surface area contributed by atoms with E-state index in [4.69, 9.17) is 18.9 Å². The molecule has 362 valence electrons. The number of ether oxygens (including phenoxy) is 4. The highest BCUT2D eigenvalue weighted by atomic mass is 16.7. The Balaban J connectivity index is 4.08.